The van der Waals surface area contributed by atoms with Crippen molar-refractivity contribution in [3.8, 4) is 0 Å². The quantitative estimate of drug-likeness (QED) is 0.722. The first-order valence-corrected chi connectivity index (χ1v) is 6.51. The van der Waals surface area contributed by atoms with Gasteiger partial charge in [0.05, 0.1) is 0 Å². The zero-order chi connectivity index (χ0) is 8.43. The maximum atomic E-state index is 10.6. The van der Waals surface area contributed by atoms with E-state index >= 15 is 0 Å². The van der Waals surface area contributed by atoms with E-state index in [1.165, 1.54) is 0 Å². The summed E-state index contributed by atoms with van der Waals surface area (Å²) in [6.07, 6.45) is 0. The Kier molecular flexibility index (Phi) is 3.07. The molecular formula is C7H4BrHgO2. The number of benzene rings is 1. The molecule has 0 heterocycles. The number of aromatic carboxylic acids is 1. The second kappa shape index (κ2) is 3.67. The standard InChI is InChI=1S/C7H4BrO2.Hg/c8-6-4-2-1-3-5(6)7(9)10;/h1-3H,(H,9,10);. The van der Waals surface area contributed by atoms with Gasteiger partial charge in [-0.05, 0) is 0 Å². The SMILES string of the molecule is O=C(O)c1ccc[c]([Hg])c1Br. The number of halogens is 1. The summed E-state index contributed by atoms with van der Waals surface area (Å²) in [7, 11) is 0. The molecule has 11 heavy (non-hydrogen) atoms. The summed E-state index contributed by atoms with van der Waals surface area (Å²) in [5.74, 6) is -0.871. The van der Waals surface area contributed by atoms with E-state index in [9.17, 15) is 4.79 Å². The number of hydrogen-bond donors (Lipinski definition) is 1. The monoisotopic (exact) mass is 401 g/mol. The van der Waals surface area contributed by atoms with Crippen LogP contribution in [-0.2, 0) is 26.1 Å². The van der Waals surface area contributed by atoms with Gasteiger partial charge in [0.2, 0.25) is 0 Å². The summed E-state index contributed by atoms with van der Waals surface area (Å²) in [5.41, 5.74) is 0.359. The number of carbonyl (C=O) groups is 1. The molecule has 53 valence electrons. The summed E-state index contributed by atoms with van der Waals surface area (Å²) >= 11 is 3.71. The maximum absolute atomic E-state index is 10.6. The fourth-order valence-electron chi connectivity index (χ4n) is 0.745. The molecule has 0 aliphatic heterocycles. The van der Waals surface area contributed by atoms with Crippen molar-refractivity contribution in [2.24, 2.45) is 0 Å². The van der Waals surface area contributed by atoms with Crippen molar-refractivity contribution in [2.45, 2.75) is 0 Å². The van der Waals surface area contributed by atoms with Crippen LogP contribution in [0.15, 0.2) is 22.7 Å². The van der Waals surface area contributed by atoms with Gasteiger partial charge in [0, 0.05) is 0 Å². The third-order valence-corrected chi connectivity index (χ3v) is 6.55. The molecule has 1 rings (SSSR count). The molecule has 1 aromatic rings. The molecule has 0 aliphatic rings. The Bertz CT molecular complexity index is 298. The van der Waals surface area contributed by atoms with E-state index in [0.29, 0.717) is 31.7 Å². The Morgan fingerprint density at radius 1 is 1.55 bits per heavy atom. The Morgan fingerprint density at radius 3 is 2.64 bits per heavy atom. The van der Waals surface area contributed by atoms with Crippen molar-refractivity contribution in [3.63, 3.8) is 0 Å². The van der Waals surface area contributed by atoms with Crippen LogP contribution >= 0.6 is 15.9 Å². The summed E-state index contributed by atoms with van der Waals surface area (Å²) < 4.78 is 1.88. The average Bonchev–Trinajstić information content (AvgIpc) is 1.94. The van der Waals surface area contributed by atoms with Crippen LogP contribution in [-0.4, -0.2) is 11.1 Å². The van der Waals surface area contributed by atoms with E-state index in [-0.39, 0.29) is 0 Å². The zero-order valence-corrected chi connectivity index (χ0v) is 12.8. The molecule has 0 saturated carbocycles. The molecule has 0 bridgehead atoms. The number of hydrogen-bond acceptors (Lipinski definition) is 1. The van der Waals surface area contributed by atoms with Crippen molar-refractivity contribution in [2.75, 3.05) is 0 Å². The van der Waals surface area contributed by atoms with Gasteiger partial charge in [0.25, 0.3) is 0 Å². The van der Waals surface area contributed by atoms with E-state index in [0.717, 1.165) is 7.54 Å². The number of carboxylic acid groups (broad SMARTS) is 1. The van der Waals surface area contributed by atoms with Gasteiger partial charge >= 0.3 is 89.2 Å². The van der Waals surface area contributed by atoms with E-state index < -0.39 is 5.97 Å². The molecule has 0 aliphatic carbocycles. The molecule has 0 fully saturated rings. The van der Waals surface area contributed by atoms with Gasteiger partial charge in [-0.25, -0.2) is 0 Å². The Balaban J connectivity index is 3.27. The van der Waals surface area contributed by atoms with Crippen molar-refractivity contribution < 1.29 is 36.0 Å². The molecule has 1 aromatic carbocycles. The predicted molar refractivity (Wildman–Crippen MR) is 40.7 cm³/mol. The van der Waals surface area contributed by atoms with E-state index in [4.69, 9.17) is 5.11 Å². The van der Waals surface area contributed by atoms with E-state index in [1.807, 2.05) is 6.07 Å². The molecule has 2 nitrogen and oxygen atoms in total. The predicted octanol–water partition coefficient (Wildman–Crippen LogP) is 1.32. The minimum absolute atomic E-state index is 0.359. The van der Waals surface area contributed by atoms with Crippen molar-refractivity contribution in [1.29, 1.82) is 0 Å². The van der Waals surface area contributed by atoms with Gasteiger partial charge in [-0.1, -0.05) is 0 Å². The van der Waals surface area contributed by atoms with Gasteiger partial charge in [0.1, 0.15) is 0 Å². The van der Waals surface area contributed by atoms with Crippen molar-refractivity contribution >= 4 is 25.0 Å². The van der Waals surface area contributed by atoms with Gasteiger partial charge in [-0.15, -0.1) is 0 Å². The second-order valence-corrected chi connectivity index (χ2v) is 5.84. The normalized spacial score (nSPS) is 9.73. The second-order valence-electron chi connectivity index (χ2n) is 2.08. The van der Waals surface area contributed by atoms with E-state index in [2.05, 4.69) is 15.9 Å². The van der Waals surface area contributed by atoms with Crippen LogP contribution in [0.25, 0.3) is 0 Å². The van der Waals surface area contributed by atoms with Crippen LogP contribution in [0.3, 0.4) is 0 Å². The Morgan fingerprint density at radius 2 is 2.18 bits per heavy atom. The van der Waals surface area contributed by atoms with E-state index in [1.54, 1.807) is 12.1 Å². The molecule has 4 heteroatoms. The third-order valence-electron chi connectivity index (χ3n) is 1.31. The van der Waals surface area contributed by atoms with Crippen LogP contribution in [0.4, 0.5) is 0 Å². The molecular weight excluding hydrogens is 397 g/mol. The fourth-order valence-corrected chi connectivity index (χ4v) is 2.45. The van der Waals surface area contributed by atoms with Crippen LogP contribution in [0.1, 0.15) is 10.4 Å². The molecule has 0 atom stereocenters. The molecule has 0 spiro atoms. The molecule has 0 saturated heterocycles. The fraction of sp³-hybridized carbons (Fsp3) is 0. The van der Waals surface area contributed by atoms with Gasteiger partial charge in [-0.3, -0.25) is 0 Å². The Hall–Kier alpha value is 0.105. The van der Waals surface area contributed by atoms with Gasteiger partial charge < -0.3 is 0 Å². The zero-order valence-electron chi connectivity index (χ0n) is 5.67. The molecule has 0 radical (unpaired) electrons. The summed E-state index contributed by atoms with van der Waals surface area (Å²) in [5, 5.41) is 8.68. The third kappa shape index (κ3) is 2.03. The average molecular weight is 401 g/mol. The summed E-state index contributed by atoms with van der Waals surface area (Å²) in [6.45, 7) is 0. The molecule has 0 amide bonds. The topological polar surface area (TPSA) is 37.3 Å². The van der Waals surface area contributed by atoms with Gasteiger partial charge in [0.15, 0.2) is 0 Å². The Labute approximate surface area is 88.7 Å². The van der Waals surface area contributed by atoms with Crippen molar-refractivity contribution in [3.05, 3.63) is 28.2 Å². The first-order valence-electron chi connectivity index (χ1n) is 2.96. The summed E-state index contributed by atoms with van der Waals surface area (Å²) in [4.78, 5) is 10.6. The van der Waals surface area contributed by atoms with Crippen molar-refractivity contribution in [1.82, 2.24) is 0 Å². The summed E-state index contributed by atoms with van der Waals surface area (Å²) in [6, 6.07) is 5.32. The van der Waals surface area contributed by atoms with Crippen LogP contribution < -0.4 is 3.07 Å². The number of rotatable bonds is 1. The van der Waals surface area contributed by atoms with Crippen LogP contribution in [0.2, 0.25) is 0 Å². The minimum atomic E-state index is -0.871. The molecule has 1 N–H and O–H groups in total. The van der Waals surface area contributed by atoms with Gasteiger partial charge in [-0.2, -0.15) is 0 Å². The molecule has 0 unspecified atom stereocenters. The first-order chi connectivity index (χ1) is 5.13. The van der Waals surface area contributed by atoms with Crippen LogP contribution in [0.5, 0.6) is 0 Å². The molecule has 0 aromatic heterocycles. The first kappa shape index (κ1) is 9.20. The number of carboxylic acids is 1. The van der Waals surface area contributed by atoms with Crippen LogP contribution in [0, 0.1) is 0 Å².